The third-order valence-corrected chi connectivity index (χ3v) is 5.58. The summed E-state index contributed by atoms with van der Waals surface area (Å²) < 4.78 is 5.25. The molecule has 0 spiro atoms. The molecule has 0 aromatic heterocycles. The Morgan fingerprint density at radius 3 is 1.97 bits per heavy atom. The van der Waals surface area contributed by atoms with E-state index in [0.29, 0.717) is 22.6 Å². The highest BCUT2D eigenvalue weighted by atomic mass is 16.5. The maximum atomic E-state index is 13.6. The monoisotopic (exact) mass is 441 g/mol. The van der Waals surface area contributed by atoms with Crippen LogP contribution in [0.15, 0.2) is 72.4 Å². The van der Waals surface area contributed by atoms with Gasteiger partial charge in [-0.2, -0.15) is 0 Å². The van der Waals surface area contributed by atoms with Crippen molar-refractivity contribution in [3.05, 3.63) is 89.1 Å². The molecule has 0 bridgehead atoms. The summed E-state index contributed by atoms with van der Waals surface area (Å²) in [6.07, 6.45) is 0. The lowest BCUT2D eigenvalue weighted by Crippen LogP contribution is -2.32. The zero-order chi connectivity index (χ0) is 23.7. The number of nitrogens with one attached hydrogen (secondary N) is 1. The molecule has 0 saturated heterocycles. The Bertz CT molecular complexity index is 1220. The highest BCUT2D eigenvalue weighted by Gasteiger charge is 2.40. The topological polar surface area (TPSA) is 61.9 Å². The first-order chi connectivity index (χ1) is 15.8. The van der Waals surface area contributed by atoms with E-state index in [1.165, 1.54) is 4.90 Å². The van der Waals surface area contributed by atoms with Gasteiger partial charge in [0.05, 0.1) is 18.4 Å². The number of ether oxygens (including phenoxy) is 1. The first kappa shape index (κ1) is 22.1. The second-order valence-electron chi connectivity index (χ2n) is 8.34. The van der Waals surface area contributed by atoms with Crippen LogP contribution in [-0.2, 0) is 9.59 Å². The first-order valence-electron chi connectivity index (χ1n) is 10.7. The predicted molar refractivity (Wildman–Crippen MR) is 133 cm³/mol. The third-order valence-electron chi connectivity index (χ3n) is 5.58. The van der Waals surface area contributed by atoms with Crippen LogP contribution in [0.25, 0.3) is 5.57 Å². The van der Waals surface area contributed by atoms with Crippen molar-refractivity contribution in [1.29, 1.82) is 0 Å². The van der Waals surface area contributed by atoms with Gasteiger partial charge < -0.3 is 15.0 Å². The minimum atomic E-state index is -0.386. The van der Waals surface area contributed by atoms with Crippen molar-refractivity contribution in [2.24, 2.45) is 0 Å². The summed E-state index contributed by atoms with van der Waals surface area (Å²) in [6.45, 7) is 3.99. The van der Waals surface area contributed by atoms with Crippen molar-refractivity contribution in [3.8, 4) is 5.75 Å². The molecule has 0 saturated carbocycles. The molecule has 0 aliphatic carbocycles. The third kappa shape index (κ3) is 4.32. The molecule has 0 fully saturated rings. The predicted octanol–water partition coefficient (Wildman–Crippen LogP) is 4.77. The fraction of sp³-hybridized carbons (Fsp3) is 0.185. The number of aryl methyl sites for hydroxylation is 2. The SMILES string of the molecule is COc1ccc(C2=C(Nc3cc(C)cc(C)c3)C(=O)N(c3ccc(N(C)C)cc3)C2=O)cc1. The lowest BCUT2D eigenvalue weighted by Gasteiger charge is -2.18. The van der Waals surface area contributed by atoms with Crippen LogP contribution < -0.4 is 19.9 Å². The molecule has 6 nitrogen and oxygen atoms in total. The number of rotatable bonds is 6. The molecule has 0 atom stereocenters. The minimum absolute atomic E-state index is 0.256. The first-order valence-corrected chi connectivity index (χ1v) is 10.7. The van der Waals surface area contributed by atoms with Crippen molar-refractivity contribution < 1.29 is 14.3 Å². The number of imide groups is 1. The van der Waals surface area contributed by atoms with E-state index in [9.17, 15) is 9.59 Å². The summed E-state index contributed by atoms with van der Waals surface area (Å²) in [5.74, 6) is -0.0757. The second kappa shape index (κ2) is 8.82. The van der Waals surface area contributed by atoms with Crippen LogP contribution in [0.4, 0.5) is 17.1 Å². The van der Waals surface area contributed by atoms with Crippen molar-refractivity contribution >= 4 is 34.4 Å². The van der Waals surface area contributed by atoms with Gasteiger partial charge in [-0.05, 0) is 79.1 Å². The Balaban J connectivity index is 1.79. The molecule has 4 rings (SSSR count). The number of hydrogen-bond acceptors (Lipinski definition) is 5. The van der Waals surface area contributed by atoms with E-state index >= 15 is 0 Å². The van der Waals surface area contributed by atoms with E-state index in [1.54, 1.807) is 43.5 Å². The number of carbonyl (C=O) groups excluding carboxylic acids is 2. The zero-order valence-corrected chi connectivity index (χ0v) is 19.5. The summed E-state index contributed by atoms with van der Waals surface area (Å²) >= 11 is 0. The van der Waals surface area contributed by atoms with Gasteiger partial charge >= 0.3 is 0 Å². The van der Waals surface area contributed by atoms with Gasteiger partial charge in [0, 0.05) is 25.5 Å². The molecule has 0 radical (unpaired) electrons. The Kier molecular flexibility index (Phi) is 5.92. The summed E-state index contributed by atoms with van der Waals surface area (Å²) in [5, 5.41) is 3.24. The van der Waals surface area contributed by atoms with Crippen molar-refractivity contribution in [2.45, 2.75) is 13.8 Å². The Labute approximate surface area is 194 Å². The van der Waals surface area contributed by atoms with E-state index < -0.39 is 0 Å². The fourth-order valence-electron chi connectivity index (χ4n) is 4.00. The Morgan fingerprint density at radius 2 is 1.42 bits per heavy atom. The maximum absolute atomic E-state index is 13.6. The summed E-state index contributed by atoms with van der Waals surface area (Å²) in [4.78, 5) is 30.3. The zero-order valence-electron chi connectivity index (χ0n) is 19.5. The lowest BCUT2D eigenvalue weighted by atomic mass is 10.0. The number of nitrogens with zero attached hydrogens (tertiary/aromatic N) is 2. The lowest BCUT2D eigenvalue weighted by molar-refractivity contribution is -0.120. The van der Waals surface area contributed by atoms with E-state index in [1.807, 2.05) is 57.1 Å². The molecule has 3 aromatic carbocycles. The van der Waals surface area contributed by atoms with Crippen molar-refractivity contribution in [3.63, 3.8) is 0 Å². The van der Waals surface area contributed by atoms with Gasteiger partial charge in [-0.25, -0.2) is 4.90 Å². The quantitative estimate of drug-likeness (QED) is 0.558. The van der Waals surface area contributed by atoms with E-state index in [4.69, 9.17) is 4.74 Å². The normalized spacial score (nSPS) is 13.5. The van der Waals surface area contributed by atoms with Gasteiger partial charge in [0.25, 0.3) is 11.8 Å². The Morgan fingerprint density at radius 1 is 0.818 bits per heavy atom. The number of hydrogen-bond donors (Lipinski definition) is 1. The van der Waals surface area contributed by atoms with Crippen LogP contribution in [-0.4, -0.2) is 33.0 Å². The van der Waals surface area contributed by atoms with Gasteiger partial charge in [0.1, 0.15) is 11.4 Å². The van der Waals surface area contributed by atoms with Crippen LogP contribution in [0.2, 0.25) is 0 Å². The molecule has 2 amide bonds. The van der Waals surface area contributed by atoms with E-state index in [2.05, 4.69) is 11.4 Å². The number of carbonyl (C=O) groups is 2. The van der Waals surface area contributed by atoms with Gasteiger partial charge in [-0.15, -0.1) is 0 Å². The summed E-state index contributed by atoms with van der Waals surface area (Å²) in [5.41, 5.74) is 5.64. The van der Waals surface area contributed by atoms with Crippen molar-refractivity contribution in [2.75, 3.05) is 36.3 Å². The van der Waals surface area contributed by atoms with E-state index in [-0.39, 0.29) is 17.5 Å². The molecule has 0 unspecified atom stereocenters. The van der Waals surface area contributed by atoms with Gasteiger partial charge in [0.15, 0.2) is 0 Å². The highest BCUT2D eigenvalue weighted by Crippen LogP contribution is 2.35. The molecule has 3 aromatic rings. The van der Waals surface area contributed by atoms with Crippen molar-refractivity contribution in [1.82, 2.24) is 0 Å². The summed E-state index contributed by atoms with van der Waals surface area (Å²) in [6, 6.07) is 20.5. The average molecular weight is 442 g/mol. The van der Waals surface area contributed by atoms with Gasteiger partial charge in [-0.1, -0.05) is 18.2 Å². The molecule has 1 N–H and O–H groups in total. The molecule has 1 aliphatic rings. The Hall–Kier alpha value is -4.06. The fourth-order valence-corrected chi connectivity index (χ4v) is 4.00. The number of amides is 2. The smallest absolute Gasteiger partial charge is 0.282 e. The molecule has 168 valence electrons. The van der Waals surface area contributed by atoms with Gasteiger partial charge in [0.2, 0.25) is 0 Å². The molecular formula is C27H27N3O3. The summed E-state index contributed by atoms with van der Waals surface area (Å²) in [7, 11) is 5.47. The molecule has 33 heavy (non-hydrogen) atoms. The standard InChI is InChI=1S/C27H27N3O3/c1-17-14-18(2)16-20(15-17)28-25-24(19-6-12-23(33-5)13-7-19)26(31)30(27(25)32)22-10-8-21(9-11-22)29(3)4/h6-16,28H,1-5H3. The van der Waals surface area contributed by atoms with E-state index in [0.717, 1.165) is 22.5 Å². The number of benzene rings is 3. The second-order valence-corrected chi connectivity index (χ2v) is 8.34. The van der Waals surface area contributed by atoms with Gasteiger partial charge in [-0.3, -0.25) is 9.59 Å². The van der Waals surface area contributed by atoms with Crippen LogP contribution in [0.3, 0.4) is 0 Å². The molecular weight excluding hydrogens is 414 g/mol. The molecule has 1 heterocycles. The largest absolute Gasteiger partial charge is 0.497 e. The van der Waals surface area contributed by atoms with Crippen LogP contribution in [0.1, 0.15) is 16.7 Å². The van der Waals surface area contributed by atoms with Crippen LogP contribution in [0, 0.1) is 13.8 Å². The average Bonchev–Trinajstić information content (AvgIpc) is 3.02. The number of anilines is 3. The number of methoxy groups -OCH3 is 1. The molecule has 1 aliphatic heterocycles. The minimum Gasteiger partial charge on any atom is -0.497 e. The van der Waals surface area contributed by atoms with Crippen LogP contribution in [0.5, 0.6) is 5.75 Å². The highest BCUT2D eigenvalue weighted by molar-refractivity contribution is 6.46. The molecule has 6 heteroatoms. The maximum Gasteiger partial charge on any atom is 0.282 e. The van der Waals surface area contributed by atoms with Crippen LogP contribution >= 0.6 is 0 Å².